The molecule has 2 N–H and O–H groups in total. The molecule has 0 aromatic carbocycles. The van der Waals surface area contributed by atoms with Crippen molar-refractivity contribution >= 4 is 12.6 Å². The molecule has 0 fully saturated rings. The van der Waals surface area contributed by atoms with E-state index >= 15 is 0 Å². The molecule has 1 aliphatic heterocycles. The first-order valence-corrected chi connectivity index (χ1v) is 4.15. The van der Waals surface area contributed by atoms with Gasteiger partial charge in [0.15, 0.2) is 0 Å². The van der Waals surface area contributed by atoms with Gasteiger partial charge in [0.2, 0.25) is 0 Å². The van der Waals surface area contributed by atoms with E-state index in [1.54, 1.807) is 6.26 Å². The number of nitrogens with one attached hydrogen (secondary N) is 1. The molecular weight excluding hydrogens is 146 g/mol. The van der Waals surface area contributed by atoms with Crippen molar-refractivity contribution in [3.05, 3.63) is 12.2 Å². The highest BCUT2D eigenvalue weighted by Gasteiger charge is 1.84. The van der Waals surface area contributed by atoms with Crippen LogP contribution in [0.2, 0.25) is 0 Å². The highest BCUT2D eigenvalue weighted by atomic mass is 32.1. The van der Waals surface area contributed by atoms with Crippen LogP contribution in [0.25, 0.3) is 0 Å². The SMILES string of the molecule is C1=CCNCC1.CO.CS. The minimum atomic E-state index is 1.00. The summed E-state index contributed by atoms with van der Waals surface area (Å²) < 4.78 is 0. The number of rotatable bonds is 0. The van der Waals surface area contributed by atoms with Crippen LogP contribution in [-0.2, 0) is 0 Å². The lowest BCUT2D eigenvalue weighted by Gasteiger charge is -2.01. The molecule has 0 spiro atoms. The fraction of sp³-hybridized carbons (Fsp3) is 0.714. The van der Waals surface area contributed by atoms with Crippen LogP contribution in [-0.4, -0.2) is 31.6 Å². The van der Waals surface area contributed by atoms with Crippen LogP contribution in [0.15, 0.2) is 12.2 Å². The third-order valence-corrected chi connectivity index (χ3v) is 0.917. The fourth-order valence-corrected chi connectivity index (χ4v) is 0.572. The molecule has 1 aliphatic rings. The lowest BCUT2D eigenvalue weighted by Crippen LogP contribution is -2.17. The van der Waals surface area contributed by atoms with Gasteiger partial charge in [-0.3, -0.25) is 0 Å². The summed E-state index contributed by atoms with van der Waals surface area (Å²) in [4.78, 5) is 0. The van der Waals surface area contributed by atoms with E-state index in [4.69, 9.17) is 5.11 Å². The molecule has 1 rings (SSSR count). The van der Waals surface area contributed by atoms with Crippen molar-refractivity contribution < 1.29 is 5.11 Å². The topological polar surface area (TPSA) is 32.3 Å². The first-order valence-electron chi connectivity index (χ1n) is 3.25. The molecule has 62 valence electrons. The Morgan fingerprint density at radius 2 is 1.90 bits per heavy atom. The number of hydrogen-bond acceptors (Lipinski definition) is 3. The molecule has 0 unspecified atom stereocenters. The van der Waals surface area contributed by atoms with E-state index in [0.717, 1.165) is 20.2 Å². The summed E-state index contributed by atoms with van der Waals surface area (Å²) in [6, 6.07) is 0. The molecule has 10 heavy (non-hydrogen) atoms. The highest BCUT2D eigenvalue weighted by molar-refractivity contribution is 7.79. The highest BCUT2D eigenvalue weighted by Crippen LogP contribution is 1.84. The molecular formula is C7H17NOS. The molecule has 0 bridgehead atoms. The molecule has 1 heterocycles. The molecule has 0 aromatic rings. The maximum Gasteiger partial charge on any atom is 0.0319 e. The van der Waals surface area contributed by atoms with Crippen LogP contribution >= 0.6 is 12.6 Å². The van der Waals surface area contributed by atoms with E-state index in [9.17, 15) is 0 Å². The molecule has 0 atom stereocenters. The van der Waals surface area contributed by atoms with Gasteiger partial charge >= 0.3 is 0 Å². The Morgan fingerprint density at radius 3 is 2.00 bits per heavy atom. The van der Waals surface area contributed by atoms with Gasteiger partial charge in [-0.15, -0.1) is 0 Å². The lowest BCUT2D eigenvalue weighted by atomic mass is 10.3. The summed E-state index contributed by atoms with van der Waals surface area (Å²) in [5, 5.41) is 10.2. The Morgan fingerprint density at radius 1 is 1.30 bits per heavy atom. The Bertz CT molecular complexity index is 58.6. The van der Waals surface area contributed by atoms with E-state index in [0.29, 0.717) is 0 Å². The van der Waals surface area contributed by atoms with Gasteiger partial charge in [-0.25, -0.2) is 0 Å². The fourth-order valence-electron chi connectivity index (χ4n) is 0.572. The second-order valence-electron chi connectivity index (χ2n) is 1.46. The average molecular weight is 163 g/mol. The molecule has 3 heteroatoms. The minimum Gasteiger partial charge on any atom is -0.400 e. The summed E-state index contributed by atoms with van der Waals surface area (Å²) in [7, 11) is 1.00. The second-order valence-corrected chi connectivity index (χ2v) is 1.46. The smallest absolute Gasteiger partial charge is 0.0319 e. The first-order chi connectivity index (χ1) is 5.00. The van der Waals surface area contributed by atoms with Crippen LogP contribution in [0, 0.1) is 0 Å². The van der Waals surface area contributed by atoms with Gasteiger partial charge < -0.3 is 10.4 Å². The van der Waals surface area contributed by atoms with Crippen molar-refractivity contribution in [2.75, 3.05) is 26.5 Å². The Hall–Kier alpha value is 0.0100. The van der Waals surface area contributed by atoms with Crippen molar-refractivity contribution in [2.45, 2.75) is 6.42 Å². The van der Waals surface area contributed by atoms with Gasteiger partial charge in [-0.1, -0.05) is 12.2 Å². The van der Waals surface area contributed by atoms with Crippen molar-refractivity contribution in [3.8, 4) is 0 Å². The lowest BCUT2D eigenvalue weighted by molar-refractivity contribution is 0.399. The summed E-state index contributed by atoms with van der Waals surface area (Å²) in [5.74, 6) is 0. The van der Waals surface area contributed by atoms with Crippen molar-refractivity contribution in [2.24, 2.45) is 0 Å². The van der Waals surface area contributed by atoms with E-state index in [1.165, 1.54) is 6.42 Å². The summed E-state index contributed by atoms with van der Waals surface area (Å²) in [5.41, 5.74) is 0. The minimum absolute atomic E-state index is 1.00. The van der Waals surface area contributed by atoms with Crippen LogP contribution in [0.4, 0.5) is 0 Å². The van der Waals surface area contributed by atoms with E-state index in [2.05, 4.69) is 30.1 Å². The third-order valence-electron chi connectivity index (χ3n) is 0.917. The number of aliphatic hydroxyl groups excluding tert-OH is 1. The molecule has 2 nitrogen and oxygen atoms in total. The van der Waals surface area contributed by atoms with Gasteiger partial charge in [0.25, 0.3) is 0 Å². The maximum atomic E-state index is 7.00. The number of thiol groups is 1. The Labute approximate surface area is 68.7 Å². The van der Waals surface area contributed by atoms with E-state index in [1.807, 2.05) is 0 Å². The summed E-state index contributed by atoms with van der Waals surface area (Å²) in [6.45, 7) is 2.23. The monoisotopic (exact) mass is 163 g/mol. The van der Waals surface area contributed by atoms with Gasteiger partial charge in [0.05, 0.1) is 0 Å². The van der Waals surface area contributed by atoms with Crippen LogP contribution < -0.4 is 5.32 Å². The number of hydrogen-bond donors (Lipinski definition) is 3. The van der Waals surface area contributed by atoms with Crippen molar-refractivity contribution in [3.63, 3.8) is 0 Å². The second kappa shape index (κ2) is 16.0. The van der Waals surface area contributed by atoms with E-state index in [-0.39, 0.29) is 0 Å². The van der Waals surface area contributed by atoms with Crippen molar-refractivity contribution in [1.82, 2.24) is 5.32 Å². The van der Waals surface area contributed by atoms with Gasteiger partial charge in [-0.05, 0) is 19.2 Å². The van der Waals surface area contributed by atoms with Crippen molar-refractivity contribution in [1.29, 1.82) is 0 Å². The Balaban J connectivity index is 0. The zero-order valence-corrected chi connectivity index (χ0v) is 7.56. The van der Waals surface area contributed by atoms with Gasteiger partial charge in [0.1, 0.15) is 0 Å². The largest absolute Gasteiger partial charge is 0.400 e. The number of aliphatic hydroxyl groups is 1. The Kier molecular flexibility index (Phi) is 20.3. The third kappa shape index (κ3) is 10.9. The zero-order chi connectivity index (χ0) is 8.24. The maximum absolute atomic E-state index is 7.00. The van der Waals surface area contributed by atoms with E-state index < -0.39 is 0 Å². The molecule has 0 aliphatic carbocycles. The summed E-state index contributed by atoms with van der Waals surface area (Å²) in [6.07, 6.45) is 7.26. The zero-order valence-electron chi connectivity index (χ0n) is 6.67. The van der Waals surface area contributed by atoms with Crippen LogP contribution in [0.5, 0.6) is 0 Å². The molecule has 0 saturated carbocycles. The van der Waals surface area contributed by atoms with Gasteiger partial charge in [-0.2, -0.15) is 12.6 Å². The standard InChI is InChI=1S/C5H9N.CH4O.CH4S/c1-2-4-6-5-3-1;2*1-2/h1-2,6H,3-5H2;2*2H,1H3. The first kappa shape index (κ1) is 12.7. The molecule has 0 saturated heterocycles. The van der Waals surface area contributed by atoms with Crippen LogP contribution in [0.1, 0.15) is 6.42 Å². The summed E-state index contributed by atoms with van der Waals surface area (Å²) >= 11 is 3.53. The molecule has 0 aromatic heterocycles. The predicted molar refractivity (Wildman–Crippen MR) is 49.7 cm³/mol. The normalized spacial score (nSPS) is 14.0. The molecule has 0 radical (unpaired) electrons. The quantitative estimate of drug-likeness (QED) is 0.363. The predicted octanol–water partition coefficient (Wildman–Crippen LogP) is 0.690. The average Bonchev–Trinajstić information content (AvgIpc) is 2.14. The van der Waals surface area contributed by atoms with Gasteiger partial charge in [0, 0.05) is 13.7 Å². The van der Waals surface area contributed by atoms with Crippen LogP contribution in [0.3, 0.4) is 0 Å². The molecule has 0 amide bonds.